The van der Waals surface area contributed by atoms with Crippen LogP contribution in [-0.2, 0) is 38.1 Å². The van der Waals surface area contributed by atoms with Crippen LogP contribution in [0.1, 0.15) is 63.8 Å². The summed E-state index contributed by atoms with van der Waals surface area (Å²) in [6, 6.07) is 26.3. The first-order valence-corrected chi connectivity index (χ1v) is 23.5. The maximum Gasteiger partial charge on any atom is 0.412 e. The van der Waals surface area contributed by atoms with Crippen LogP contribution >= 0.6 is 0 Å². The molecule has 20 nitrogen and oxygen atoms in total. The van der Waals surface area contributed by atoms with E-state index in [2.05, 4.69) is 34.4 Å². The topological polar surface area (TPSA) is 259 Å². The summed E-state index contributed by atoms with van der Waals surface area (Å²) in [7, 11) is 0. The molecule has 0 aliphatic heterocycles. The van der Waals surface area contributed by atoms with Gasteiger partial charge in [0.05, 0.1) is 32.1 Å². The molecular formula is C55H60N4O16. The Balaban J connectivity index is 1.72. The van der Waals surface area contributed by atoms with Crippen molar-refractivity contribution >= 4 is 59.4 Å². The summed E-state index contributed by atoms with van der Waals surface area (Å²) in [5.74, 6) is -1.74. The second-order valence-corrected chi connectivity index (χ2v) is 16.4. The van der Waals surface area contributed by atoms with Crippen molar-refractivity contribution in [3.8, 4) is 23.0 Å². The van der Waals surface area contributed by atoms with Crippen molar-refractivity contribution in [3.05, 3.63) is 155 Å². The fourth-order valence-corrected chi connectivity index (χ4v) is 6.08. The summed E-state index contributed by atoms with van der Waals surface area (Å²) < 4.78 is 42.3. The molecule has 0 aliphatic rings. The highest BCUT2D eigenvalue weighted by Crippen LogP contribution is 2.39. The van der Waals surface area contributed by atoms with E-state index >= 15 is 0 Å². The standard InChI is InChI=1S/C55H60N4O16/c1-9-37(8)51(63)71-33-29-59-55(67)75-45-24-16-41(17-25-45)47(40-14-22-44(23-15-40)74-54(66)58-28-32-70-50(62)36(6)7)46(38-10-18-42(19-11-38)72-52(64)56-26-30-68-48(60)34(2)3)39-12-20-43(21-13-39)73-53(65)57-27-31-69-49(61)35(4)5/h9-25,36H,2,4,26-33H2,1,3,5-8H3,(H,56,64)(H,57,65)(H,58,66)(H,59,67)/b37-9+. The number of hydrogen-bond donors (Lipinski definition) is 4. The number of benzene rings is 4. The predicted molar refractivity (Wildman–Crippen MR) is 275 cm³/mol. The molecule has 0 atom stereocenters. The number of carbonyl (C=O) groups excluding carboxylic acids is 8. The normalized spacial score (nSPS) is 10.6. The van der Waals surface area contributed by atoms with Crippen LogP contribution in [-0.4, -0.2) is 101 Å². The monoisotopic (exact) mass is 1030 g/mol. The highest BCUT2D eigenvalue weighted by Gasteiger charge is 2.20. The molecule has 20 heteroatoms. The van der Waals surface area contributed by atoms with Gasteiger partial charge in [0.15, 0.2) is 0 Å². The average Bonchev–Trinajstić information content (AvgIpc) is 3.39. The number of allylic oxidation sites excluding steroid dienone is 1. The van der Waals surface area contributed by atoms with E-state index < -0.39 is 48.3 Å². The van der Waals surface area contributed by atoms with Gasteiger partial charge in [-0.3, -0.25) is 4.79 Å². The van der Waals surface area contributed by atoms with Crippen LogP contribution in [0.2, 0.25) is 0 Å². The molecule has 0 unspecified atom stereocenters. The fraction of sp³-hybridized carbons (Fsp3) is 0.273. The van der Waals surface area contributed by atoms with E-state index in [0.29, 0.717) is 39.0 Å². The lowest BCUT2D eigenvalue weighted by atomic mass is 9.85. The number of carbonyl (C=O) groups is 8. The van der Waals surface area contributed by atoms with E-state index in [1.165, 1.54) is 13.8 Å². The predicted octanol–water partition coefficient (Wildman–Crippen LogP) is 7.99. The largest absolute Gasteiger partial charge is 0.464 e. The zero-order chi connectivity index (χ0) is 54.9. The summed E-state index contributed by atoms with van der Waals surface area (Å²) in [5, 5.41) is 10.1. The molecule has 4 aromatic carbocycles. The number of amides is 4. The lowest BCUT2D eigenvalue weighted by Crippen LogP contribution is -2.31. The number of ether oxygens (including phenoxy) is 8. The van der Waals surface area contributed by atoms with Crippen LogP contribution in [0.25, 0.3) is 11.1 Å². The van der Waals surface area contributed by atoms with Crippen molar-refractivity contribution in [3.63, 3.8) is 0 Å². The van der Waals surface area contributed by atoms with Crippen LogP contribution in [0, 0.1) is 5.92 Å². The molecule has 0 heterocycles. The minimum Gasteiger partial charge on any atom is -0.464 e. The molecule has 0 aromatic heterocycles. The number of hydrogen-bond acceptors (Lipinski definition) is 16. The number of esters is 4. The Hall–Kier alpha value is -9.20. The van der Waals surface area contributed by atoms with Gasteiger partial charge in [-0.05, 0) is 110 Å². The first-order valence-electron chi connectivity index (χ1n) is 23.5. The SMILES string of the molecule is C=C(C)C(=O)OCCNC(=O)Oc1ccc(C(=C(c2ccc(OC(=O)NCCOC(=O)/C(C)=C/C)cc2)c2ccc(OC(=O)NCCOC(=O)C(C)C)cc2)c2ccc(OC(=O)NCCOC(=O)C(=C)C)cc2)cc1. The summed E-state index contributed by atoms with van der Waals surface area (Å²) >= 11 is 0. The average molecular weight is 1030 g/mol. The van der Waals surface area contributed by atoms with Gasteiger partial charge in [0.2, 0.25) is 0 Å². The summed E-state index contributed by atoms with van der Waals surface area (Å²) in [5.41, 5.74) is 4.45. The lowest BCUT2D eigenvalue weighted by molar-refractivity contribution is -0.147. The Morgan fingerprint density at radius 3 is 0.920 bits per heavy atom. The highest BCUT2D eigenvalue weighted by molar-refractivity contribution is 6.05. The summed E-state index contributed by atoms with van der Waals surface area (Å²) in [6.07, 6.45) is -1.57. The maximum absolute atomic E-state index is 12.7. The summed E-state index contributed by atoms with van der Waals surface area (Å²) in [6.45, 7) is 16.4. The maximum atomic E-state index is 12.7. The number of nitrogens with one attached hydrogen (secondary N) is 4. The minimum atomic E-state index is -0.803. The van der Waals surface area contributed by atoms with Gasteiger partial charge < -0.3 is 59.2 Å². The van der Waals surface area contributed by atoms with Crippen LogP contribution in [0.3, 0.4) is 0 Å². The van der Waals surface area contributed by atoms with Gasteiger partial charge in [0, 0.05) is 16.7 Å². The van der Waals surface area contributed by atoms with Gasteiger partial charge in [0.25, 0.3) is 0 Å². The van der Waals surface area contributed by atoms with E-state index in [-0.39, 0.29) is 92.7 Å². The molecule has 0 fully saturated rings. The van der Waals surface area contributed by atoms with Gasteiger partial charge in [-0.25, -0.2) is 33.6 Å². The van der Waals surface area contributed by atoms with Gasteiger partial charge in [-0.2, -0.15) is 0 Å². The van der Waals surface area contributed by atoms with Gasteiger partial charge in [-0.1, -0.05) is 81.6 Å². The zero-order valence-corrected chi connectivity index (χ0v) is 42.5. The fourth-order valence-electron chi connectivity index (χ4n) is 6.08. The first-order chi connectivity index (χ1) is 35.8. The second kappa shape index (κ2) is 30.0. The molecule has 0 radical (unpaired) electrons. The molecule has 4 aromatic rings. The highest BCUT2D eigenvalue weighted by atomic mass is 16.6. The van der Waals surface area contributed by atoms with E-state index in [9.17, 15) is 38.4 Å². The molecule has 396 valence electrons. The lowest BCUT2D eigenvalue weighted by Gasteiger charge is -2.19. The number of rotatable bonds is 24. The molecule has 0 bridgehead atoms. The van der Waals surface area contributed by atoms with E-state index in [0.717, 1.165) is 0 Å². The quantitative estimate of drug-likeness (QED) is 0.0170. The van der Waals surface area contributed by atoms with Gasteiger partial charge in [-0.15, -0.1) is 0 Å². The molecular weight excluding hydrogens is 973 g/mol. The van der Waals surface area contributed by atoms with Crippen LogP contribution in [0.4, 0.5) is 19.2 Å². The Morgan fingerprint density at radius 2 is 0.680 bits per heavy atom. The third-order valence-corrected chi connectivity index (χ3v) is 10.0. The first kappa shape index (κ1) is 58.4. The molecule has 0 spiro atoms. The Labute approximate surface area is 434 Å². The van der Waals surface area contributed by atoms with Crippen molar-refractivity contribution in [1.29, 1.82) is 0 Å². The Morgan fingerprint density at radius 1 is 0.427 bits per heavy atom. The molecule has 0 saturated carbocycles. The van der Waals surface area contributed by atoms with E-state index in [4.69, 9.17) is 37.9 Å². The van der Waals surface area contributed by atoms with Crippen LogP contribution < -0.4 is 40.2 Å². The summed E-state index contributed by atoms with van der Waals surface area (Å²) in [4.78, 5) is 98.1. The molecule has 75 heavy (non-hydrogen) atoms. The molecule has 0 aliphatic carbocycles. The van der Waals surface area contributed by atoms with Crippen molar-refractivity contribution < 1.29 is 76.3 Å². The minimum absolute atomic E-state index is 0.00603. The van der Waals surface area contributed by atoms with Gasteiger partial charge in [0.1, 0.15) is 49.4 Å². The third kappa shape index (κ3) is 20.1. The third-order valence-electron chi connectivity index (χ3n) is 10.0. The zero-order valence-electron chi connectivity index (χ0n) is 42.5. The van der Waals surface area contributed by atoms with Crippen LogP contribution in [0.15, 0.2) is 133 Å². The van der Waals surface area contributed by atoms with Crippen molar-refractivity contribution in [2.24, 2.45) is 5.92 Å². The van der Waals surface area contributed by atoms with Crippen molar-refractivity contribution in [1.82, 2.24) is 21.3 Å². The van der Waals surface area contributed by atoms with Gasteiger partial charge >= 0.3 is 48.3 Å². The molecule has 4 rings (SSSR count). The molecule has 4 amide bonds. The Kier molecular flexibility index (Phi) is 23.3. The molecule has 4 N–H and O–H groups in total. The smallest absolute Gasteiger partial charge is 0.412 e. The molecule has 0 saturated heterocycles. The van der Waals surface area contributed by atoms with Crippen LogP contribution in [0.5, 0.6) is 23.0 Å². The van der Waals surface area contributed by atoms with Crippen molar-refractivity contribution in [2.45, 2.75) is 41.5 Å². The Bertz CT molecular complexity index is 2650. The van der Waals surface area contributed by atoms with Crippen molar-refractivity contribution in [2.75, 3.05) is 52.6 Å². The van der Waals surface area contributed by atoms with E-state index in [1.54, 1.807) is 131 Å². The second-order valence-electron chi connectivity index (χ2n) is 16.4. The van der Waals surface area contributed by atoms with E-state index in [1.807, 2.05) is 0 Å².